The number of carbonyl (C=O) groups is 1. The zero-order valence-electron chi connectivity index (χ0n) is 14.3. The highest BCUT2D eigenvalue weighted by atomic mass is 35.5. The minimum absolute atomic E-state index is 0. The number of hydrogen-bond acceptors (Lipinski definition) is 4. The molecular formula is C18H25ClN2O2S. The molecule has 0 aliphatic heterocycles. The molecule has 4 nitrogen and oxygen atoms in total. The fourth-order valence-electron chi connectivity index (χ4n) is 2.38. The Balaban J connectivity index is 0.00000288. The number of halogens is 1. The highest BCUT2D eigenvalue weighted by molar-refractivity contribution is 7.11. The summed E-state index contributed by atoms with van der Waals surface area (Å²) < 4.78 is 5.03. The van der Waals surface area contributed by atoms with Crippen molar-refractivity contribution < 1.29 is 9.53 Å². The maximum absolute atomic E-state index is 12.7. The van der Waals surface area contributed by atoms with Crippen LogP contribution in [-0.2, 0) is 22.5 Å². The number of thiophene rings is 1. The molecule has 1 atom stereocenters. The molecule has 0 saturated heterocycles. The Morgan fingerprint density at radius 1 is 1.25 bits per heavy atom. The maximum atomic E-state index is 12.7. The lowest BCUT2D eigenvalue weighted by Gasteiger charge is -2.25. The number of nitrogens with two attached hydrogens (primary N) is 1. The molecule has 2 N–H and O–H groups in total. The monoisotopic (exact) mass is 368 g/mol. The maximum Gasteiger partial charge on any atom is 0.246 e. The van der Waals surface area contributed by atoms with Crippen LogP contribution in [0.4, 0.5) is 5.69 Å². The van der Waals surface area contributed by atoms with Crippen LogP contribution in [0.25, 0.3) is 0 Å². The van der Waals surface area contributed by atoms with E-state index in [1.165, 1.54) is 10.4 Å². The average molecular weight is 369 g/mol. The van der Waals surface area contributed by atoms with E-state index in [4.69, 9.17) is 10.5 Å². The summed E-state index contributed by atoms with van der Waals surface area (Å²) in [6.45, 7) is 4.92. The second-order valence-corrected chi connectivity index (χ2v) is 6.89. The molecule has 2 aromatic rings. The van der Waals surface area contributed by atoms with Gasteiger partial charge in [-0.25, -0.2) is 0 Å². The molecule has 1 unspecified atom stereocenters. The van der Waals surface area contributed by atoms with Gasteiger partial charge in [-0.1, -0.05) is 19.1 Å². The third-order valence-electron chi connectivity index (χ3n) is 3.70. The van der Waals surface area contributed by atoms with Crippen LogP contribution in [0.1, 0.15) is 22.2 Å². The largest absolute Gasteiger partial charge is 0.383 e. The van der Waals surface area contributed by atoms with Gasteiger partial charge in [0, 0.05) is 22.6 Å². The SMILES string of the molecule is CCc1ccc(N(Cc2ccc(C)s2)C(=O)C(N)COC)cc1.Cl. The molecule has 1 aromatic heterocycles. The number of benzene rings is 1. The Labute approximate surface area is 154 Å². The van der Waals surface area contributed by atoms with Crippen LogP contribution >= 0.6 is 23.7 Å². The quantitative estimate of drug-likeness (QED) is 0.813. The van der Waals surface area contributed by atoms with Crippen LogP contribution in [-0.4, -0.2) is 25.7 Å². The van der Waals surface area contributed by atoms with Gasteiger partial charge in [0.15, 0.2) is 0 Å². The van der Waals surface area contributed by atoms with Gasteiger partial charge in [-0.15, -0.1) is 23.7 Å². The lowest BCUT2D eigenvalue weighted by molar-refractivity contribution is -0.121. The van der Waals surface area contributed by atoms with Crippen molar-refractivity contribution in [3.05, 3.63) is 51.7 Å². The Morgan fingerprint density at radius 3 is 2.42 bits per heavy atom. The number of aryl methyl sites for hydroxylation is 2. The predicted octanol–water partition coefficient (Wildman–Crippen LogP) is 3.55. The van der Waals surface area contributed by atoms with Gasteiger partial charge in [0.25, 0.3) is 0 Å². The van der Waals surface area contributed by atoms with Crippen LogP contribution in [0.15, 0.2) is 36.4 Å². The second kappa shape index (κ2) is 9.79. The van der Waals surface area contributed by atoms with E-state index >= 15 is 0 Å². The van der Waals surface area contributed by atoms with E-state index < -0.39 is 6.04 Å². The Kier molecular flexibility index (Phi) is 8.42. The minimum Gasteiger partial charge on any atom is -0.383 e. The van der Waals surface area contributed by atoms with Crippen molar-refractivity contribution in [2.75, 3.05) is 18.6 Å². The molecule has 1 amide bonds. The molecule has 0 aliphatic rings. The van der Waals surface area contributed by atoms with Crippen LogP contribution in [0, 0.1) is 6.92 Å². The number of nitrogens with zero attached hydrogens (tertiary/aromatic N) is 1. The highest BCUT2D eigenvalue weighted by Crippen LogP contribution is 2.23. The predicted molar refractivity (Wildman–Crippen MR) is 103 cm³/mol. The molecule has 1 aromatic carbocycles. The molecule has 0 bridgehead atoms. The van der Waals surface area contributed by atoms with E-state index in [-0.39, 0.29) is 24.9 Å². The summed E-state index contributed by atoms with van der Waals surface area (Å²) >= 11 is 1.69. The van der Waals surface area contributed by atoms with E-state index in [9.17, 15) is 4.79 Å². The standard InChI is InChI=1S/C18H24N2O2S.ClH/c1-4-14-6-8-15(9-7-14)20(18(21)17(19)12-22-3)11-16-10-5-13(2)23-16;/h5-10,17H,4,11-12,19H2,1-3H3;1H. The van der Waals surface area contributed by atoms with Gasteiger partial charge < -0.3 is 15.4 Å². The zero-order chi connectivity index (χ0) is 16.8. The van der Waals surface area contributed by atoms with Crippen molar-refractivity contribution in [2.45, 2.75) is 32.9 Å². The molecule has 132 valence electrons. The Hall–Kier alpha value is -1.40. The van der Waals surface area contributed by atoms with Crippen molar-refractivity contribution >= 4 is 35.3 Å². The molecule has 24 heavy (non-hydrogen) atoms. The van der Waals surface area contributed by atoms with E-state index in [2.05, 4.69) is 38.1 Å². The summed E-state index contributed by atoms with van der Waals surface area (Å²) in [6.07, 6.45) is 0.974. The number of hydrogen-bond donors (Lipinski definition) is 1. The van der Waals surface area contributed by atoms with Crippen LogP contribution < -0.4 is 10.6 Å². The third kappa shape index (κ3) is 5.31. The molecule has 0 radical (unpaired) electrons. The summed E-state index contributed by atoms with van der Waals surface area (Å²) in [5, 5.41) is 0. The number of amides is 1. The first-order valence-corrected chi connectivity index (χ1v) is 8.57. The molecule has 0 aliphatic carbocycles. The number of ether oxygens (including phenoxy) is 1. The average Bonchev–Trinajstić information content (AvgIpc) is 2.97. The molecule has 6 heteroatoms. The summed E-state index contributed by atoms with van der Waals surface area (Å²) in [5.41, 5.74) is 8.08. The van der Waals surface area contributed by atoms with Gasteiger partial charge in [0.1, 0.15) is 6.04 Å². The zero-order valence-corrected chi connectivity index (χ0v) is 16.0. The van der Waals surface area contributed by atoms with Crippen LogP contribution in [0.5, 0.6) is 0 Å². The van der Waals surface area contributed by atoms with E-state index in [0.717, 1.165) is 17.0 Å². The Bertz CT molecular complexity index is 643. The van der Waals surface area contributed by atoms with Gasteiger partial charge in [-0.05, 0) is 43.2 Å². The smallest absolute Gasteiger partial charge is 0.246 e. The Morgan fingerprint density at radius 2 is 1.92 bits per heavy atom. The third-order valence-corrected chi connectivity index (χ3v) is 4.68. The number of methoxy groups -OCH3 is 1. The van der Waals surface area contributed by atoms with Crippen molar-refractivity contribution in [3.8, 4) is 0 Å². The normalized spacial score (nSPS) is 11.7. The first kappa shape index (κ1) is 20.6. The molecular weight excluding hydrogens is 344 g/mol. The lowest BCUT2D eigenvalue weighted by atomic mass is 10.1. The summed E-state index contributed by atoms with van der Waals surface area (Å²) in [4.78, 5) is 16.8. The second-order valence-electron chi connectivity index (χ2n) is 5.52. The van der Waals surface area contributed by atoms with Gasteiger partial charge in [0.05, 0.1) is 13.2 Å². The number of anilines is 1. The molecule has 0 spiro atoms. The van der Waals surface area contributed by atoms with E-state index in [0.29, 0.717) is 6.54 Å². The van der Waals surface area contributed by atoms with E-state index in [1.54, 1.807) is 23.3 Å². The van der Waals surface area contributed by atoms with Gasteiger partial charge in [-0.2, -0.15) is 0 Å². The van der Waals surface area contributed by atoms with Gasteiger partial charge >= 0.3 is 0 Å². The van der Waals surface area contributed by atoms with Crippen molar-refractivity contribution in [3.63, 3.8) is 0 Å². The van der Waals surface area contributed by atoms with Crippen molar-refractivity contribution in [1.82, 2.24) is 0 Å². The number of rotatable bonds is 7. The van der Waals surface area contributed by atoms with Crippen LogP contribution in [0.2, 0.25) is 0 Å². The molecule has 0 saturated carbocycles. The summed E-state index contributed by atoms with van der Waals surface area (Å²) in [7, 11) is 1.55. The fraction of sp³-hybridized carbons (Fsp3) is 0.389. The van der Waals surface area contributed by atoms with E-state index in [1.807, 2.05) is 12.1 Å². The summed E-state index contributed by atoms with van der Waals surface area (Å²) in [5.74, 6) is -0.123. The summed E-state index contributed by atoms with van der Waals surface area (Å²) in [6, 6.07) is 11.5. The van der Waals surface area contributed by atoms with Crippen molar-refractivity contribution in [2.24, 2.45) is 5.73 Å². The first-order valence-electron chi connectivity index (χ1n) is 7.75. The fourth-order valence-corrected chi connectivity index (χ4v) is 3.26. The molecule has 2 rings (SSSR count). The minimum atomic E-state index is -0.660. The van der Waals surface area contributed by atoms with Crippen LogP contribution in [0.3, 0.4) is 0 Å². The highest BCUT2D eigenvalue weighted by Gasteiger charge is 2.23. The lowest BCUT2D eigenvalue weighted by Crippen LogP contribution is -2.46. The van der Waals surface area contributed by atoms with Gasteiger partial charge in [0.2, 0.25) is 5.91 Å². The first-order chi connectivity index (χ1) is 11.0. The number of carbonyl (C=O) groups excluding carboxylic acids is 1. The van der Waals surface area contributed by atoms with Crippen molar-refractivity contribution in [1.29, 1.82) is 0 Å². The van der Waals surface area contributed by atoms with Gasteiger partial charge in [-0.3, -0.25) is 4.79 Å². The molecule has 0 fully saturated rings. The molecule has 1 heterocycles. The topological polar surface area (TPSA) is 55.6 Å².